The fourth-order valence-electron chi connectivity index (χ4n) is 2.50. The van der Waals surface area contributed by atoms with E-state index in [1.807, 2.05) is 0 Å². The normalized spacial score (nSPS) is 12.6. The van der Waals surface area contributed by atoms with Gasteiger partial charge in [-0.3, -0.25) is 4.79 Å². The van der Waals surface area contributed by atoms with Crippen molar-refractivity contribution in [3.63, 3.8) is 0 Å². The van der Waals surface area contributed by atoms with Crippen LogP contribution in [0.5, 0.6) is 0 Å². The summed E-state index contributed by atoms with van der Waals surface area (Å²) in [5, 5.41) is 2.05. The van der Waals surface area contributed by atoms with Gasteiger partial charge in [-0.15, -0.1) is 0 Å². The number of anilines is 1. The van der Waals surface area contributed by atoms with Crippen LogP contribution in [-0.2, 0) is 0 Å². The van der Waals surface area contributed by atoms with Crippen LogP contribution in [0.25, 0.3) is 0 Å². The molecule has 0 aliphatic carbocycles. The van der Waals surface area contributed by atoms with Crippen molar-refractivity contribution in [1.29, 1.82) is 0 Å². The number of carbonyl (C=O) groups is 1. The van der Waals surface area contributed by atoms with Crippen molar-refractivity contribution >= 4 is 34.9 Å². The van der Waals surface area contributed by atoms with Crippen LogP contribution < -0.4 is 10.6 Å². The second kappa shape index (κ2) is 7.91. The number of aromatic nitrogens is 1. The third-order valence-electron chi connectivity index (χ3n) is 3.69. The molecule has 0 radical (unpaired) electrons. The SMILES string of the molecule is Cc1cc(C)nc(NC(NC(=O)c2cc(Cl)cc(Cl)c2)(C(F)(F)F)C(F)(F)F)c1. The van der Waals surface area contributed by atoms with E-state index in [9.17, 15) is 31.1 Å². The molecule has 0 saturated carbocycles. The summed E-state index contributed by atoms with van der Waals surface area (Å²) in [6.45, 7) is 2.86. The molecular formula is C17H13Cl2F6N3O. The van der Waals surface area contributed by atoms with Crippen LogP contribution in [0.4, 0.5) is 32.2 Å². The second-order valence-electron chi connectivity index (χ2n) is 6.15. The lowest BCUT2D eigenvalue weighted by molar-refractivity contribution is -0.294. The van der Waals surface area contributed by atoms with Crippen molar-refractivity contribution in [2.24, 2.45) is 0 Å². The van der Waals surface area contributed by atoms with E-state index in [-0.39, 0.29) is 15.7 Å². The van der Waals surface area contributed by atoms with Gasteiger partial charge in [0.1, 0.15) is 5.82 Å². The first kappa shape index (κ1) is 23.1. The summed E-state index contributed by atoms with van der Waals surface area (Å²) in [7, 11) is 0. The number of halogens is 8. The number of nitrogens with one attached hydrogen (secondary N) is 2. The van der Waals surface area contributed by atoms with Crippen molar-refractivity contribution in [3.8, 4) is 0 Å². The first-order valence-corrected chi connectivity index (χ1v) is 8.56. The lowest BCUT2D eigenvalue weighted by Gasteiger charge is -2.38. The number of amides is 1. The monoisotopic (exact) mass is 459 g/mol. The van der Waals surface area contributed by atoms with E-state index in [1.165, 1.54) is 31.3 Å². The van der Waals surface area contributed by atoms with Gasteiger partial charge in [0.25, 0.3) is 5.91 Å². The molecule has 158 valence electrons. The first-order chi connectivity index (χ1) is 13.1. The van der Waals surface area contributed by atoms with Crippen LogP contribution in [-0.4, -0.2) is 28.9 Å². The van der Waals surface area contributed by atoms with Gasteiger partial charge in [-0.2, -0.15) is 26.3 Å². The standard InChI is InChI=1S/C17H13Cl2F6N3O/c1-8-3-9(2)26-13(4-8)27-15(16(20,21)22,17(23,24)25)28-14(29)10-5-11(18)7-12(19)6-10/h3-7H,1-2H3,(H,26,27)(H,28,29). The number of benzene rings is 1. The Hall–Kier alpha value is -2.20. The number of carbonyl (C=O) groups excluding carboxylic acids is 1. The van der Waals surface area contributed by atoms with E-state index in [1.54, 1.807) is 0 Å². The number of nitrogens with zero attached hydrogens (tertiary/aromatic N) is 1. The van der Waals surface area contributed by atoms with Crippen LogP contribution in [0.3, 0.4) is 0 Å². The predicted molar refractivity (Wildman–Crippen MR) is 96.1 cm³/mol. The molecule has 0 atom stereocenters. The Labute approximate surface area is 171 Å². The first-order valence-electron chi connectivity index (χ1n) is 7.80. The molecule has 2 N–H and O–H groups in total. The topological polar surface area (TPSA) is 54.0 Å². The Bertz CT molecular complexity index is 876. The Morgan fingerprint density at radius 1 is 0.897 bits per heavy atom. The third kappa shape index (κ3) is 5.05. The molecule has 0 fully saturated rings. The molecule has 2 rings (SSSR count). The molecule has 0 spiro atoms. The number of aryl methyl sites for hydroxylation is 2. The average Bonchev–Trinajstić information content (AvgIpc) is 2.49. The van der Waals surface area contributed by atoms with Gasteiger partial charge in [0.05, 0.1) is 0 Å². The molecule has 0 aliphatic rings. The van der Waals surface area contributed by atoms with E-state index >= 15 is 0 Å². The molecule has 1 aromatic heterocycles. The van der Waals surface area contributed by atoms with E-state index < -0.39 is 35.3 Å². The highest BCUT2D eigenvalue weighted by atomic mass is 35.5. The molecule has 0 aliphatic heterocycles. The molecule has 12 heteroatoms. The van der Waals surface area contributed by atoms with E-state index in [4.69, 9.17) is 23.2 Å². The summed E-state index contributed by atoms with van der Waals surface area (Å²) in [6.07, 6.45) is -12.0. The quantitative estimate of drug-likeness (QED) is 0.457. The van der Waals surface area contributed by atoms with Crippen LogP contribution in [0.2, 0.25) is 10.0 Å². The highest BCUT2D eigenvalue weighted by molar-refractivity contribution is 6.35. The van der Waals surface area contributed by atoms with Gasteiger partial charge in [0, 0.05) is 21.3 Å². The maximum absolute atomic E-state index is 13.7. The summed E-state index contributed by atoms with van der Waals surface area (Å²) in [5.74, 6) is -2.41. The largest absolute Gasteiger partial charge is 0.439 e. The zero-order chi connectivity index (χ0) is 22.2. The van der Waals surface area contributed by atoms with Gasteiger partial charge in [0.2, 0.25) is 0 Å². The van der Waals surface area contributed by atoms with Crippen LogP contribution in [0.15, 0.2) is 30.3 Å². The van der Waals surface area contributed by atoms with Gasteiger partial charge in [-0.25, -0.2) is 4.98 Å². The molecule has 0 saturated heterocycles. The van der Waals surface area contributed by atoms with Gasteiger partial charge < -0.3 is 10.6 Å². The lowest BCUT2D eigenvalue weighted by Crippen LogP contribution is -2.72. The maximum atomic E-state index is 13.7. The zero-order valence-electron chi connectivity index (χ0n) is 14.8. The smallest absolute Gasteiger partial charge is 0.332 e. The Kier molecular flexibility index (Phi) is 6.29. The minimum absolute atomic E-state index is 0.142. The van der Waals surface area contributed by atoms with Crippen molar-refractivity contribution in [2.45, 2.75) is 31.9 Å². The zero-order valence-corrected chi connectivity index (χ0v) is 16.3. The third-order valence-corrected chi connectivity index (χ3v) is 4.13. The van der Waals surface area contributed by atoms with Crippen molar-refractivity contribution in [1.82, 2.24) is 10.3 Å². The maximum Gasteiger partial charge on any atom is 0.439 e. The lowest BCUT2D eigenvalue weighted by atomic mass is 10.1. The summed E-state index contributed by atoms with van der Waals surface area (Å²) < 4.78 is 82.3. The fraction of sp³-hybridized carbons (Fsp3) is 0.294. The van der Waals surface area contributed by atoms with Gasteiger partial charge in [-0.1, -0.05) is 23.2 Å². The molecule has 4 nitrogen and oxygen atoms in total. The van der Waals surface area contributed by atoms with Crippen molar-refractivity contribution < 1.29 is 31.1 Å². The Morgan fingerprint density at radius 2 is 1.41 bits per heavy atom. The molecule has 1 amide bonds. The number of hydrogen-bond donors (Lipinski definition) is 2. The highest BCUT2D eigenvalue weighted by Gasteiger charge is 2.72. The van der Waals surface area contributed by atoms with Crippen molar-refractivity contribution in [3.05, 3.63) is 57.2 Å². The van der Waals surface area contributed by atoms with Crippen LogP contribution in [0, 0.1) is 13.8 Å². The Balaban J connectivity index is 2.58. The number of alkyl halides is 6. The second-order valence-corrected chi connectivity index (χ2v) is 7.03. The summed E-state index contributed by atoms with van der Waals surface area (Å²) in [6, 6.07) is 5.38. The molecule has 1 heterocycles. The minimum Gasteiger partial charge on any atom is -0.332 e. The number of pyridine rings is 1. The molecule has 0 bridgehead atoms. The fourth-order valence-corrected chi connectivity index (χ4v) is 3.03. The summed E-state index contributed by atoms with van der Waals surface area (Å²) in [4.78, 5) is 15.9. The van der Waals surface area contributed by atoms with Gasteiger partial charge in [-0.05, 0) is 49.7 Å². The van der Waals surface area contributed by atoms with Crippen LogP contribution in [0.1, 0.15) is 21.6 Å². The van der Waals surface area contributed by atoms with Crippen molar-refractivity contribution in [2.75, 3.05) is 5.32 Å². The molecule has 1 aromatic carbocycles. The van der Waals surface area contributed by atoms with E-state index in [0.29, 0.717) is 5.56 Å². The number of hydrogen-bond acceptors (Lipinski definition) is 3. The number of rotatable bonds is 4. The molecule has 29 heavy (non-hydrogen) atoms. The van der Waals surface area contributed by atoms with E-state index in [2.05, 4.69) is 4.98 Å². The van der Waals surface area contributed by atoms with Gasteiger partial charge >= 0.3 is 18.0 Å². The predicted octanol–water partition coefficient (Wildman–Crippen LogP) is 5.67. The summed E-state index contributed by atoms with van der Waals surface area (Å²) >= 11 is 11.4. The average molecular weight is 460 g/mol. The van der Waals surface area contributed by atoms with Gasteiger partial charge in [0.15, 0.2) is 0 Å². The molecule has 0 unspecified atom stereocenters. The minimum atomic E-state index is -5.98. The summed E-state index contributed by atoms with van der Waals surface area (Å²) in [5.41, 5.74) is -4.86. The molecular weight excluding hydrogens is 447 g/mol. The highest BCUT2D eigenvalue weighted by Crippen LogP contribution is 2.43. The molecule has 2 aromatic rings. The van der Waals surface area contributed by atoms with Crippen LogP contribution >= 0.6 is 23.2 Å². The van der Waals surface area contributed by atoms with E-state index in [0.717, 1.165) is 23.5 Å². The Morgan fingerprint density at radius 3 is 1.86 bits per heavy atom.